The molecule has 0 unspecified atom stereocenters. The van der Waals surface area contributed by atoms with E-state index in [0.29, 0.717) is 18.7 Å². The fourth-order valence-corrected chi connectivity index (χ4v) is 5.17. The number of hydrogen-bond acceptors (Lipinski definition) is 5. The number of thiophene rings is 1. The molecule has 5 nitrogen and oxygen atoms in total. The normalized spacial score (nSPS) is 13.6. The van der Waals surface area contributed by atoms with E-state index in [1.165, 1.54) is 4.88 Å². The minimum Gasteiger partial charge on any atom is -0.354 e. The minimum atomic E-state index is -0.137. The van der Waals surface area contributed by atoms with Crippen LogP contribution in [-0.4, -0.2) is 28.2 Å². The van der Waals surface area contributed by atoms with Crippen LogP contribution in [-0.2, 0) is 12.8 Å². The van der Waals surface area contributed by atoms with Crippen LogP contribution in [0.25, 0.3) is 10.6 Å². The molecule has 27 heavy (non-hydrogen) atoms. The standard InChI is InChI=1S/C20H21N3O2S2/c1-11-18-14(4-3-5-16(18)24)23-19(11)20(25)21-9-8-13-6-7-17(27-13)15-10-26-12(2)22-15/h6-7,10,23H,3-5,8-9H2,1-2H3,(H,21,25). The number of hydrogen-bond donors (Lipinski definition) is 2. The molecule has 0 spiro atoms. The zero-order valence-electron chi connectivity index (χ0n) is 15.3. The molecule has 0 saturated heterocycles. The van der Waals surface area contributed by atoms with Crippen LogP contribution in [0.15, 0.2) is 17.5 Å². The number of aromatic nitrogens is 2. The third-order valence-corrected chi connectivity index (χ3v) is 6.80. The van der Waals surface area contributed by atoms with Gasteiger partial charge in [0.15, 0.2) is 5.78 Å². The lowest BCUT2D eigenvalue weighted by atomic mass is 9.94. The lowest BCUT2D eigenvalue weighted by molar-refractivity contribution is 0.0948. The molecule has 0 fully saturated rings. The fourth-order valence-electron chi connectivity index (χ4n) is 3.52. The first-order chi connectivity index (χ1) is 13.0. The quantitative estimate of drug-likeness (QED) is 0.671. The van der Waals surface area contributed by atoms with Gasteiger partial charge in [0.1, 0.15) is 5.69 Å². The highest BCUT2D eigenvalue weighted by molar-refractivity contribution is 7.16. The van der Waals surface area contributed by atoms with Crippen LogP contribution >= 0.6 is 22.7 Å². The summed E-state index contributed by atoms with van der Waals surface area (Å²) in [4.78, 5) is 34.7. The maximum absolute atomic E-state index is 12.6. The van der Waals surface area contributed by atoms with Crippen LogP contribution in [0.3, 0.4) is 0 Å². The number of carbonyl (C=O) groups excluding carboxylic acids is 2. The van der Waals surface area contributed by atoms with Gasteiger partial charge in [0.05, 0.1) is 15.6 Å². The van der Waals surface area contributed by atoms with E-state index in [-0.39, 0.29) is 11.7 Å². The summed E-state index contributed by atoms with van der Waals surface area (Å²) in [5, 5.41) is 6.11. The summed E-state index contributed by atoms with van der Waals surface area (Å²) in [6, 6.07) is 4.18. The highest BCUT2D eigenvalue weighted by Crippen LogP contribution is 2.29. The SMILES string of the molecule is Cc1nc(-c2ccc(CCNC(=O)c3[nH]c4c(c3C)C(=O)CCC4)s2)cs1. The number of rotatable bonds is 5. The van der Waals surface area contributed by atoms with Crippen LogP contribution in [0.5, 0.6) is 0 Å². The summed E-state index contributed by atoms with van der Waals surface area (Å²) >= 11 is 3.36. The molecule has 140 valence electrons. The first-order valence-electron chi connectivity index (χ1n) is 9.07. The van der Waals surface area contributed by atoms with Gasteiger partial charge in [-0.2, -0.15) is 0 Å². The Balaban J connectivity index is 1.38. The molecule has 1 aliphatic carbocycles. The maximum Gasteiger partial charge on any atom is 0.268 e. The number of nitrogens with one attached hydrogen (secondary N) is 2. The van der Waals surface area contributed by atoms with Crippen molar-refractivity contribution in [2.45, 2.75) is 39.5 Å². The molecule has 2 N–H and O–H groups in total. The van der Waals surface area contributed by atoms with Gasteiger partial charge in [0.25, 0.3) is 5.91 Å². The van der Waals surface area contributed by atoms with Gasteiger partial charge >= 0.3 is 0 Å². The number of thiazole rings is 1. The number of Topliss-reactive ketones (excluding diaryl/α,β-unsaturated/α-hetero) is 1. The molecule has 4 rings (SSSR count). The lowest BCUT2D eigenvalue weighted by Crippen LogP contribution is -2.26. The number of nitrogens with zero attached hydrogens (tertiary/aromatic N) is 1. The Morgan fingerprint density at radius 2 is 2.15 bits per heavy atom. The molecule has 3 heterocycles. The van der Waals surface area contributed by atoms with Crippen molar-refractivity contribution in [3.8, 4) is 10.6 Å². The molecule has 0 bridgehead atoms. The third-order valence-electron chi connectivity index (χ3n) is 4.85. The molecule has 0 saturated carbocycles. The van der Waals surface area contributed by atoms with E-state index in [0.717, 1.165) is 51.7 Å². The van der Waals surface area contributed by atoms with E-state index in [1.807, 2.05) is 13.8 Å². The van der Waals surface area contributed by atoms with Gasteiger partial charge in [0.2, 0.25) is 0 Å². The highest BCUT2D eigenvalue weighted by atomic mass is 32.1. The topological polar surface area (TPSA) is 74.8 Å². The molecule has 1 amide bonds. The highest BCUT2D eigenvalue weighted by Gasteiger charge is 2.26. The van der Waals surface area contributed by atoms with Gasteiger partial charge in [-0.15, -0.1) is 22.7 Å². The molecule has 7 heteroatoms. The fraction of sp³-hybridized carbons (Fsp3) is 0.350. The number of aromatic amines is 1. The number of carbonyl (C=O) groups is 2. The van der Waals surface area contributed by atoms with Crippen molar-refractivity contribution in [1.82, 2.24) is 15.3 Å². The van der Waals surface area contributed by atoms with Gasteiger partial charge in [-0.3, -0.25) is 9.59 Å². The van der Waals surface area contributed by atoms with E-state index in [4.69, 9.17) is 0 Å². The zero-order valence-corrected chi connectivity index (χ0v) is 17.0. The second-order valence-corrected chi connectivity index (χ2v) is 9.01. The predicted molar refractivity (Wildman–Crippen MR) is 109 cm³/mol. The first-order valence-corrected chi connectivity index (χ1v) is 10.8. The van der Waals surface area contributed by atoms with E-state index in [2.05, 4.69) is 32.8 Å². The molecule has 0 atom stereocenters. The zero-order chi connectivity index (χ0) is 19.0. The number of ketones is 1. The molecule has 0 aromatic carbocycles. The summed E-state index contributed by atoms with van der Waals surface area (Å²) in [5.41, 5.74) is 3.97. The Bertz CT molecular complexity index is 1010. The van der Waals surface area contributed by atoms with Crippen molar-refractivity contribution in [3.05, 3.63) is 49.9 Å². The van der Waals surface area contributed by atoms with Crippen molar-refractivity contribution in [2.75, 3.05) is 6.54 Å². The Morgan fingerprint density at radius 3 is 2.89 bits per heavy atom. The largest absolute Gasteiger partial charge is 0.354 e. The lowest BCUT2D eigenvalue weighted by Gasteiger charge is -2.09. The average Bonchev–Trinajstić information content (AvgIpc) is 3.34. The number of amides is 1. The number of fused-ring (bicyclic) bond motifs is 1. The van der Waals surface area contributed by atoms with E-state index < -0.39 is 0 Å². The molecule has 3 aromatic heterocycles. The van der Waals surface area contributed by atoms with Crippen LogP contribution < -0.4 is 5.32 Å². The summed E-state index contributed by atoms with van der Waals surface area (Å²) in [5.74, 6) is 0.00838. The van der Waals surface area contributed by atoms with E-state index in [1.54, 1.807) is 22.7 Å². The molecular formula is C20H21N3O2S2. The van der Waals surface area contributed by atoms with Crippen molar-refractivity contribution in [3.63, 3.8) is 0 Å². The molecule has 1 aliphatic rings. The monoisotopic (exact) mass is 399 g/mol. The Labute approximate surface area is 165 Å². The van der Waals surface area contributed by atoms with Gasteiger partial charge in [-0.1, -0.05) is 0 Å². The molecular weight excluding hydrogens is 378 g/mol. The van der Waals surface area contributed by atoms with Crippen LogP contribution in [0.1, 0.15) is 54.8 Å². The van der Waals surface area contributed by atoms with Crippen LogP contribution in [0.4, 0.5) is 0 Å². The average molecular weight is 400 g/mol. The molecule has 0 aliphatic heterocycles. The summed E-state index contributed by atoms with van der Waals surface area (Å²) < 4.78 is 0. The van der Waals surface area contributed by atoms with Crippen molar-refractivity contribution < 1.29 is 9.59 Å². The van der Waals surface area contributed by atoms with Crippen molar-refractivity contribution in [2.24, 2.45) is 0 Å². The van der Waals surface area contributed by atoms with Crippen LogP contribution in [0, 0.1) is 13.8 Å². The maximum atomic E-state index is 12.6. The minimum absolute atomic E-state index is 0.137. The Hall–Kier alpha value is -2.25. The Kier molecular flexibility index (Phi) is 4.97. The smallest absolute Gasteiger partial charge is 0.268 e. The first kappa shape index (κ1) is 18.1. The third kappa shape index (κ3) is 3.61. The Morgan fingerprint density at radius 1 is 1.30 bits per heavy atom. The number of H-pyrrole nitrogens is 1. The van der Waals surface area contributed by atoms with E-state index in [9.17, 15) is 9.59 Å². The van der Waals surface area contributed by atoms with Crippen molar-refractivity contribution >= 4 is 34.4 Å². The molecule has 3 aromatic rings. The van der Waals surface area contributed by atoms with Gasteiger partial charge < -0.3 is 10.3 Å². The molecule has 0 radical (unpaired) electrons. The van der Waals surface area contributed by atoms with Crippen molar-refractivity contribution in [1.29, 1.82) is 0 Å². The summed E-state index contributed by atoms with van der Waals surface area (Å²) in [7, 11) is 0. The second-order valence-electron chi connectivity index (χ2n) is 6.78. The van der Waals surface area contributed by atoms with Gasteiger partial charge in [-0.05, 0) is 50.8 Å². The summed E-state index contributed by atoms with van der Waals surface area (Å²) in [6.45, 7) is 4.42. The van der Waals surface area contributed by atoms with Gasteiger partial charge in [-0.25, -0.2) is 4.98 Å². The van der Waals surface area contributed by atoms with Gasteiger partial charge in [0, 0.05) is 34.5 Å². The van der Waals surface area contributed by atoms with E-state index >= 15 is 0 Å². The second kappa shape index (κ2) is 7.40. The predicted octanol–water partition coefficient (Wildman–Crippen LogP) is 4.31. The summed E-state index contributed by atoms with van der Waals surface area (Å²) in [6.07, 6.45) is 3.04. The van der Waals surface area contributed by atoms with Crippen LogP contribution in [0.2, 0.25) is 0 Å². The number of aryl methyl sites for hydroxylation is 2.